The maximum absolute atomic E-state index is 13.2. The summed E-state index contributed by atoms with van der Waals surface area (Å²) in [5.74, 6) is -1.32. The molecule has 636 valence electrons. The van der Waals surface area contributed by atoms with E-state index >= 15 is 0 Å². The van der Waals surface area contributed by atoms with Crippen LogP contribution < -0.4 is 0 Å². The van der Waals surface area contributed by atoms with Crippen LogP contribution in [0.25, 0.3) is 0 Å². The third-order valence-corrected chi connectivity index (χ3v) is 22.7. The topological polar surface area (TPSA) is 237 Å². The van der Waals surface area contributed by atoms with Gasteiger partial charge in [-0.3, -0.25) is 37.3 Å². The van der Waals surface area contributed by atoms with E-state index in [-0.39, 0.29) is 25.7 Å². The summed E-state index contributed by atoms with van der Waals surface area (Å²) in [6.45, 7) is 7.35. The SMILES string of the molecule is CCCCCCCCCCCCCCCCCCCCCCCCC(=O)O[C@H](COC(=O)CCCCCCCCCCCCCCCCCCCCCCC)COP(=O)(O)OC[C@@H](O)COP(=O)(O)OC[C@@H](COC(=O)CCCCCCCCCC)OC(=O)CCCCCCCCCCCCCCCC(C)C. The van der Waals surface area contributed by atoms with Crippen LogP contribution in [0.4, 0.5) is 0 Å². The van der Waals surface area contributed by atoms with Crippen LogP contribution in [0.1, 0.15) is 478 Å². The molecule has 0 spiro atoms. The molecule has 0 aliphatic carbocycles. The van der Waals surface area contributed by atoms with Crippen molar-refractivity contribution in [1.82, 2.24) is 0 Å². The minimum Gasteiger partial charge on any atom is -0.462 e. The van der Waals surface area contributed by atoms with Gasteiger partial charge in [0.15, 0.2) is 12.2 Å². The standard InChI is InChI=1S/C88H172O17P2/c1-6-9-12-15-18-21-23-25-27-29-31-33-35-37-39-41-45-49-53-58-63-68-73-88(93)105-84(78-99-86(91)72-67-62-57-52-48-44-40-38-36-34-32-30-28-26-24-22-19-16-13-10-7-2)80-103-107(96,97)101-76-82(89)75-100-106(94,95)102-79-83(77-98-85(90)71-66-61-56-20-17-14-11-8-3)104-87(92)74-69-64-59-54-50-46-42-43-47-51-55-60-65-70-81(4)5/h81-84,89H,6-80H2,1-5H3,(H,94,95)(H,96,97)/t82-,83+,84+/m0/s1. The molecule has 17 nitrogen and oxygen atoms in total. The molecule has 0 aromatic heterocycles. The summed E-state index contributed by atoms with van der Waals surface area (Å²) in [5, 5.41) is 10.7. The van der Waals surface area contributed by atoms with Crippen LogP contribution in [0, 0.1) is 5.92 Å². The highest BCUT2D eigenvalue weighted by atomic mass is 31.2. The van der Waals surface area contributed by atoms with Crippen LogP contribution in [0.2, 0.25) is 0 Å². The van der Waals surface area contributed by atoms with E-state index in [9.17, 15) is 43.2 Å². The van der Waals surface area contributed by atoms with Gasteiger partial charge in [-0.15, -0.1) is 0 Å². The van der Waals surface area contributed by atoms with Crippen molar-refractivity contribution >= 4 is 39.5 Å². The highest BCUT2D eigenvalue weighted by molar-refractivity contribution is 7.47. The van der Waals surface area contributed by atoms with E-state index in [0.717, 1.165) is 102 Å². The molecule has 0 fully saturated rings. The lowest BCUT2D eigenvalue weighted by atomic mass is 10.0. The van der Waals surface area contributed by atoms with Gasteiger partial charge in [-0.25, -0.2) is 9.13 Å². The summed E-state index contributed by atoms with van der Waals surface area (Å²) in [4.78, 5) is 73.2. The van der Waals surface area contributed by atoms with Gasteiger partial charge in [0.25, 0.3) is 0 Å². The minimum atomic E-state index is -4.97. The van der Waals surface area contributed by atoms with E-state index in [0.29, 0.717) is 25.7 Å². The van der Waals surface area contributed by atoms with Gasteiger partial charge in [-0.2, -0.15) is 0 Å². The summed E-state index contributed by atoms with van der Waals surface area (Å²) >= 11 is 0. The van der Waals surface area contributed by atoms with Crippen molar-refractivity contribution in [1.29, 1.82) is 0 Å². The molecule has 0 aliphatic heterocycles. The number of aliphatic hydroxyl groups excluding tert-OH is 1. The highest BCUT2D eigenvalue weighted by Crippen LogP contribution is 2.45. The molecule has 0 heterocycles. The quantitative estimate of drug-likeness (QED) is 0.0222. The average Bonchev–Trinajstić information content (AvgIpc) is 0.903. The van der Waals surface area contributed by atoms with Crippen LogP contribution in [-0.2, 0) is 65.4 Å². The van der Waals surface area contributed by atoms with Crippen molar-refractivity contribution in [2.45, 2.75) is 496 Å². The Morgan fingerprint density at radius 1 is 0.252 bits per heavy atom. The fourth-order valence-electron chi connectivity index (χ4n) is 13.8. The van der Waals surface area contributed by atoms with E-state index in [1.807, 2.05) is 0 Å². The van der Waals surface area contributed by atoms with Crippen molar-refractivity contribution in [2.24, 2.45) is 5.92 Å². The number of ether oxygens (including phenoxy) is 4. The van der Waals surface area contributed by atoms with E-state index in [1.54, 1.807) is 0 Å². The zero-order valence-electron chi connectivity index (χ0n) is 70.3. The number of unbranched alkanes of at least 4 members (excludes halogenated alkanes) is 60. The van der Waals surface area contributed by atoms with Crippen molar-refractivity contribution in [2.75, 3.05) is 39.6 Å². The molecule has 19 heteroatoms. The molecule has 0 bridgehead atoms. The van der Waals surface area contributed by atoms with Gasteiger partial charge in [0.05, 0.1) is 26.4 Å². The number of hydrogen-bond acceptors (Lipinski definition) is 15. The molecule has 0 amide bonds. The van der Waals surface area contributed by atoms with Gasteiger partial charge >= 0.3 is 39.5 Å². The second-order valence-corrected chi connectivity index (χ2v) is 35.0. The number of aliphatic hydroxyl groups is 1. The van der Waals surface area contributed by atoms with Crippen LogP contribution >= 0.6 is 15.6 Å². The molecule has 2 unspecified atom stereocenters. The highest BCUT2D eigenvalue weighted by Gasteiger charge is 2.30. The first-order valence-electron chi connectivity index (χ1n) is 45.6. The number of phosphoric ester groups is 2. The Labute approximate surface area is 658 Å². The molecular formula is C88H172O17P2. The minimum absolute atomic E-state index is 0.108. The lowest BCUT2D eigenvalue weighted by molar-refractivity contribution is -0.161. The summed E-state index contributed by atoms with van der Waals surface area (Å²) in [6.07, 6.45) is 75.3. The fourth-order valence-corrected chi connectivity index (χ4v) is 15.4. The molecule has 0 aromatic carbocycles. The molecule has 0 radical (unpaired) electrons. The number of carbonyl (C=O) groups excluding carboxylic acids is 4. The zero-order valence-corrected chi connectivity index (χ0v) is 72.1. The van der Waals surface area contributed by atoms with Crippen LogP contribution in [0.15, 0.2) is 0 Å². The van der Waals surface area contributed by atoms with Gasteiger partial charge in [0, 0.05) is 25.7 Å². The predicted molar refractivity (Wildman–Crippen MR) is 442 cm³/mol. The molecule has 0 saturated carbocycles. The first-order chi connectivity index (χ1) is 52.0. The summed E-state index contributed by atoms with van der Waals surface area (Å²) in [6, 6.07) is 0. The molecule has 0 aromatic rings. The number of phosphoric acid groups is 2. The van der Waals surface area contributed by atoms with E-state index in [2.05, 4.69) is 34.6 Å². The number of hydrogen-bond donors (Lipinski definition) is 3. The van der Waals surface area contributed by atoms with Crippen molar-refractivity contribution < 1.29 is 80.2 Å². The van der Waals surface area contributed by atoms with Crippen LogP contribution in [0.3, 0.4) is 0 Å². The first kappa shape index (κ1) is 105. The molecule has 0 saturated heterocycles. The molecule has 3 N–H and O–H groups in total. The number of carbonyl (C=O) groups is 4. The predicted octanol–water partition coefficient (Wildman–Crippen LogP) is 27.2. The Bertz CT molecular complexity index is 2030. The fraction of sp³-hybridized carbons (Fsp3) is 0.955. The third-order valence-electron chi connectivity index (χ3n) is 20.8. The van der Waals surface area contributed by atoms with Gasteiger partial charge in [-0.05, 0) is 31.6 Å². The van der Waals surface area contributed by atoms with Crippen molar-refractivity contribution in [3.05, 3.63) is 0 Å². The molecule has 0 aliphatic rings. The second-order valence-electron chi connectivity index (χ2n) is 32.1. The Kier molecular flexibility index (Phi) is 79.2. The lowest BCUT2D eigenvalue weighted by Gasteiger charge is -2.21. The van der Waals surface area contributed by atoms with Gasteiger partial charge in [0.1, 0.15) is 19.3 Å². The van der Waals surface area contributed by atoms with Gasteiger partial charge in [0.2, 0.25) is 0 Å². The molecular weight excluding hydrogens is 1390 g/mol. The molecule has 0 rings (SSSR count). The van der Waals surface area contributed by atoms with E-state index in [4.69, 9.17) is 37.0 Å². The second kappa shape index (κ2) is 80.7. The van der Waals surface area contributed by atoms with E-state index < -0.39 is 97.5 Å². The molecule has 5 atom stereocenters. The Balaban J connectivity index is 5.17. The maximum atomic E-state index is 13.2. The van der Waals surface area contributed by atoms with Crippen molar-refractivity contribution in [3.63, 3.8) is 0 Å². The Morgan fingerprint density at radius 2 is 0.430 bits per heavy atom. The van der Waals surface area contributed by atoms with Gasteiger partial charge in [-0.1, -0.05) is 426 Å². The largest absolute Gasteiger partial charge is 0.472 e. The average molecular weight is 1560 g/mol. The smallest absolute Gasteiger partial charge is 0.462 e. The zero-order chi connectivity index (χ0) is 78.3. The number of rotatable bonds is 88. The monoisotopic (exact) mass is 1560 g/mol. The third kappa shape index (κ3) is 81.9. The summed E-state index contributed by atoms with van der Waals surface area (Å²) in [5.41, 5.74) is 0. The molecule has 107 heavy (non-hydrogen) atoms. The van der Waals surface area contributed by atoms with Crippen molar-refractivity contribution in [3.8, 4) is 0 Å². The Morgan fingerprint density at radius 3 is 0.636 bits per heavy atom. The lowest BCUT2D eigenvalue weighted by Crippen LogP contribution is -2.30. The van der Waals surface area contributed by atoms with Crippen LogP contribution in [-0.4, -0.2) is 96.7 Å². The Hall–Kier alpha value is -1.94. The van der Waals surface area contributed by atoms with Gasteiger partial charge < -0.3 is 33.8 Å². The normalized spacial score (nSPS) is 13.7. The maximum Gasteiger partial charge on any atom is 0.472 e. The summed E-state index contributed by atoms with van der Waals surface area (Å²) < 4.78 is 68.9. The van der Waals surface area contributed by atoms with Crippen LogP contribution in [0.5, 0.6) is 0 Å². The van der Waals surface area contributed by atoms with E-state index in [1.165, 1.54) is 295 Å². The summed E-state index contributed by atoms with van der Waals surface area (Å²) in [7, 11) is -9.92. The first-order valence-corrected chi connectivity index (χ1v) is 48.6. The number of esters is 4.